The van der Waals surface area contributed by atoms with E-state index < -0.39 is 0 Å². The van der Waals surface area contributed by atoms with Crippen LogP contribution in [0.1, 0.15) is 21.7 Å². The number of fused-ring (bicyclic) bond motifs is 1. The lowest BCUT2D eigenvalue weighted by Crippen LogP contribution is -2.32. The molecule has 0 bridgehead atoms. The molecule has 3 heterocycles. The zero-order chi connectivity index (χ0) is 21.3. The van der Waals surface area contributed by atoms with Crippen LogP contribution in [0.5, 0.6) is 11.5 Å². The van der Waals surface area contributed by atoms with E-state index in [1.54, 1.807) is 49.3 Å². The Hall–Kier alpha value is -3.46. The van der Waals surface area contributed by atoms with Crippen LogP contribution < -0.4 is 14.4 Å². The summed E-state index contributed by atoms with van der Waals surface area (Å²) in [4.78, 5) is 24.3. The van der Waals surface area contributed by atoms with E-state index in [0.29, 0.717) is 27.8 Å². The molecule has 0 N–H and O–H groups in total. The Morgan fingerprint density at radius 3 is 2.57 bits per heavy atom. The van der Waals surface area contributed by atoms with Crippen molar-refractivity contribution < 1.29 is 14.3 Å². The molecule has 3 aromatic heterocycles. The molecule has 0 fully saturated rings. The molecule has 1 amide bonds. The highest BCUT2D eigenvalue weighted by Gasteiger charge is 2.27. The van der Waals surface area contributed by atoms with Crippen LogP contribution in [0.3, 0.4) is 0 Å². The first-order valence-corrected chi connectivity index (χ1v) is 10.1. The molecule has 154 valence electrons. The Morgan fingerprint density at radius 2 is 1.93 bits per heavy atom. The molecule has 0 atom stereocenters. The number of pyridine rings is 1. The average molecular weight is 423 g/mol. The lowest BCUT2D eigenvalue weighted by atomic mass is 10.2. The minimum absolute atomic E-state index is 0.199. The second-order valence-electron chi connectivity index (χ2n) is 6.66. The number of ether oxygens (including phenoxy) is 2. The van der Waals surface area contributed by atoms with E-state index in [0.717, 1.165) is 16.0 Å². The molecule has 0 aliphatic heterocycles. The summed E-state index contributed by atoms with van der Waals surface area (Å²) in [5.74, 6) is 1.10. The number of carbonyl (C=O) groups excluding carboxylic acids is 1. The van der Waals surface area contributed by atoms with Gasteiger partial charge in [0.05, 0.1) is 32.7 Å². The summed E-state index contributed by atoms with van der Waals surface area (Å²) >= 11 is 1.37. The van der Waals surface area contributed by atoms with Gasteiger partial charge in [-0.3, -0.25) is 19.4 Å². The summed E-state index contributed by atoms with van der Waals surface area (Å²) in [6, 6.07) is 9.25. The van der Waals surface area contributed by atoms with Gasteiger partial charge in [0.1, 0.15) is 27.4 Å². The molecule has 0 saturated heterocycles. The number of methoxy groups -OCH3 is 2. The number of thiazole rings is 1. The van der Waals surface area contributed by atoms with Crippen LogP contribution in [-0.4, -0.2) is 39.9 Å². The first-order valence-electron chi connectivity index (χ1n) is 9.25. The van der Waals surface area contributed by atoms with Crippen molar-refractivity contribution in [3.8, 4) is 11.5 Å². The van der Waals surface area contributed by atoms with Crippen molar-refractivity contribution in [1.29, 1.82) is 0 Å². The summed E-state index contributed by atoms with van der Waals surface area (Å²) in [6.45, 7) is 2.14. The molecule has 4 rings (SSSR count). The van der Waals surface area contributed by atoms with Crippen LogP contribution in [0.2, 0.25) is 0 Å². The Bertz CT molecular complexity index is 1140. The van der Waals surface area contributed by atoms with Gasteiger partial charge in [0.15, 0.2) is 5.13 Å². The third kappa shape index (κ3) is 3.48. The van der Waals surface area contributed by atoms with Gasteiger partial charge in [-0.05, 0) is 36.8 Å². The van der Waals surface area contributed by atoms with Gasteiger partial charge in [-0.2, -0.15) is 5.10 Å². The normalized spacial score (nSPS) is 10.9. The molecular formula is C21H21N5O3S. The van der Waals surface area contributed by atoms with Crippen LogP contribution in [0.4, 0.5) is 5.13 Å². The summed E-state index contributed by atoms with van der Waals surface area (Å²) in [7, 11) is 4.95. The molecule has 0 unspecified atom stereocenters. The standard InChI is InChI=1S/C21H21N5O3S/c1-13-11-23-25(2)18(13)20(27)26(12-14-7-5-6-10-22-14)21-24-17-15(28-3)8-9-16(29-4)19(17)30-21/h5-11H,12H2,1-4H3. The zero-order valence-electron chi connectivity index (χ0n) is 17.1. The van der Waals surface area contributed by atoms with Crippen LogP contribution in [0, 0.1) is 6.92 Å². The molecule has 0 aliphatic carbocycles. The fourth-order valence-corrected chi connectivity index (χ4v) is 4.32. The van der Waals surface area contributed by atoms with E-state index in [2.05, 4.69) is 10.1 Å². The van der Waals surface area contributed by atoms with Gasteiger partial charge in [0, 0.05) is 13.2 Å². The van der Waals surface area contributed by atoms with E-state index in [9.17, 15) is 4.79 Å². The van der Waals surface area contributed by atoms with Crippen LogP contribution in [-0.2, 0) is 13.6 Å². The molecule has 8 nitrogen and oxygen atoms in total. The lowest BCUT2D eigenvalue weighted by molar-refractivity contribution is 0.0975. The van der Waals surface area contributed by atoms with E-state index in [1.165, 1.54) is 11.3 Å². The van der Waals surface area contributed by atoms with Crippen molar-refractivity contribution in [1.82, 2.24) is 19.7 Å². The SMILES string of the molecule is COc1ccc(OC)c2sc(N(Cc3ccccn3)C(=O)c3c(C)cnn3C)nc12. The number of aromatic nitrogens is 4. The van der Waals surface area contributed by atoms with E-state index in [-0.39, 0.29) is 12.5 Å². The van der Waals surface area contributed by atoms with Crippen molar-refractivity contribution in [2.24, 2.45) is 7.05 Å². The second-order valence-corrected chi connectivity index (χ2v) is 7.63. The maximum atomic E-state index is 13.6. The largest absolute Gasteiger partial charge is 0.495 e. The molecular weight excluding hydrogens is 402 g/mol. The maximum absolute atomic E-state index is 13.6. The highest BCUT2D eigenvalue weighted by Crippen LogP contribution is 2.40. The Morgan fingerprint density at radius 1 is 1.17 bits per heavy atom. The van der Waals surface area contributed by atoms with Gasteiger partial charge < -0.3 is 9.47 Å². The molecule has 0 aliphatic rings. The lowest BCUT2D eigenvalue weighted by Gasteiger charge is -2.20. The second kappa shape index (κ2) is 8.11. The third-order valence-electron chi connectivity index (χ3n) is 4.75. The molecule has 1 aromatic carbocycles. The summed E-state index contributed by atoms with van der Waals surface area (Å²) in [6.07, 6.45) is 3.38. The Balaban J connectivity index is 1.86. The average Bonchev–Trinajstić information content (AvgIpc) is 3.35. The Kier molecular flexibility index (Phi) is 5.37. The number of hydrogen-bond acceptors (Lipinski definition) is 7. The first kappa shape index (κ1) is 19.8. The highest BCUT2D eigenvalue weighted by atomic mass is 32.1. The van der Waals surface area contributed by atoms with Gasteiger partial charge in [-0.15, -0.1) is 0 Å². The smallest absolute Gasteiger partial charge is 0.278 e. The van der Waals surface area contributed by atoms with Crippen molar-refractivity contribution in [3.63, 3.8) is 0 Å². The number of nitrogens with zero attached hydrogens (tertiary/aromatic N) is 5. The van der Waals surface area contributed by atoms with Crippen LogP contribution >= 0.6 is 11.3 Å². The highest BCUT2D eigenvalue weighted by molar-refractivity contribution is 7.22. The number of anilines is 1. The predicted molar refractivity (Wildman–Crippen MR) is 115 cm³/mol. The van der Waals surface area contributed by atoms with Gasteiger partial charge in [0.25, 0.3) is 5.91 Å². The first-order chi connectivity index (χ1) is 14.5. The van der Waals surface area contributed by atoms with E-state index in [4.69, 9.17) is 14.5 Å². The van der Waals surface area contributed by atoms with Gasteiger partial charge >= 0.3 is 0 Å². The molecule has 0 spiro atoms. The number of aryl methyl sites for hydroxylation is 2. The zero-order valence-corrected chi connectivity index (χ0v) is 17.9. The van der Waals surface area contributed by atoms with Crippen LogP contribution in [0.25, 0.3) is 10.2 Å². The van der Waals surface area contributed by atoms with Gasteiger partial charge in [-0.1, -0.05) is 17.4 Å². The molecule has 9 heteroatoms. The fourth-order valence-electron chi connectivity index (χ4n) is 3.25. The monoisotopic (exact) mass is 423 g/mol. The summed E-state index contributed by atoms with van der Waals surface area (Å²) < 4.78 is 13.4. The predicted octanol–water partition coefficient (Wildman–Crippen LogP) is 3.60. The van der Waals surface area contributed by atoms with Gasteiger partial charge in [-0.25, -0.2) is 4.98 Å². The summed E-state index contributed by atoms with van der Waals surface area (Å²) in [5.41, 5.74) is 2.70. The Labute approximate surface area is 177 Å². The van der Waals surface area contributed by atoms with Crippen LogP contribution in [0.15, 0.2) is 42.7 Å². The minimum atomic E-state index is -0.199. The fraction of sp³-hybridized carbons (Fsp3) is 0.238. The molecule has 0 radical (unpaired) electrons. The molecule has 4 aromatic rings. The van der Waals surface area contributed by atoms with E-state index in [1.807, 2.05) is 31.2 Å². The number of benzene rings is 1. The maximum Gasteiger partial charge on any atom is 0.278 e. The van der Waals surface area contributed by atoms with Crippen molar-refractivity contribution in [2.75, 3.05) is 19.1 Å². The van der Waals surface area contributed by atoms with E-state index >= 15 is 0 Å². The minimum Gasteiger partial charge on any atom is -0.495 e. The van der Waals surface area contributed by atoms with Crippen molar-refractivity contribution in [3.05, 3.63) is 59.7 Å². The number of hydrogen-bond donors (Lipinski definition) is 0. The van der Waals surface area contributed by atoms with Crippen molar-refractivity contribution in [2.45, 2.75) is 13.5 Å². The topological polar surface area (TPSA) is 82.4 Å². The molecule has 30 heavy (non-hydrogen) atoms. The number of amides is 1. The summed E-state index contributed by atoms with van der Waals surface area (Å²) in [5, 5.41) is 4.75. The number of rotatable bonds is 6. The van der Waals surface area contributed by atoms with Crippen molar-refractivity contribution >= 4 is 32.6 Å². The van der Waals surface area contributed by atoms with Gasteiger partial charge in [0.2, 0.25) is 0 Å². The third-order valence-corrected chi connectivity index (χ3v) is 5.84. The number of carbonyl (C=O) groups is 1. The molecule has 0 saturated carbocycles. The quantitative estimate of drug-likeness (QED) is 0.471.